The van der Waals surface area contributed by atoms with Crippen LogP contribution in [0.3, 0.4) is 0 Å². The van der Waals surface area contributed by atoms with E-state index in [1.807, 2.05) is 84.9 Å². The van der Waals surface area contributed by atoms with Gasteiger partial charge >= 0.3 is 0 Å². The Balaban J connectivity index is 1.68. The smallest absolute Gasteiger partial charge is 0.271 e. The topological polar surface area (TPSA) is 76.9 Å². The highest BCUT2D eigenvalue weighted by Crippen LogP contribution is 2.49. The Morgan fingerprint density at radius 3 is 1.42 bits per heavy atom. The summed E-state index contributed by atoms with van der Waals surface area (Å²) in [4.78, 5) is 30.8. The zero-order chi connectivity index (χ0) is 34.5. The Bertz CT molecular complexity index is 2230. The lowest BCUT2D eigenvalue weighted by molar-refractivity contribution is 0.100. The Kier molecular flexibility index (Phi) is 9.59. The van der Waals surface area contributed by atoms with Gasteiger partial charge < -0.3 is 0 Å². The van der Waals surface area contributed by atoms with E-state index >= 15 is 4.79 Å². The SMILES string of the molecule is O=C(Nn1nnc(-c2ccccc2)c1C(C(=O)c1ccc(Cl)cc1)=P(c1ccccc1)(c1ccccc1)c1ccccc1)c1ccc(Cl)cc1. The Hall–Kier alpha value is -5.52. The van der Waals surface area contributed by atoms with E-state index in [1.54, 1.807) is 48.5 Å². The molecule has 7 rings (SSSR count). The molecule has 9 heteroatoms. The number of ketones is 1. The van der Waals surface area contributed by atoms with Crippen LogP contribution in [0.25, 0.3) is 11.3 Å². The number of rotatable bonds is 9. The van der Waals surface area contributed by atoms with E-state index in [0.29, 0.717) is 37.9 Å². The average Bonchev–Trinajstić information content (AvgIpc) is 3.58. The molecule has 50 heavy (non-hydrogen) atoms. The van der Waals surface area contributed by atoms with Crippen molar-refractivity contribution in [2.45, 2.75) is 0 Å². The van der Waals surface area contributed by atoms with Crippen molar-refractivity contribution >= 4 is 63.0 Å². The molecule has 6 aromatic carbocycles. The van der Waals surface area contributed by atoms with E-state index in [1.165, 1.54) is 4.79 Å². The van der Waals surface area contributed by atoms with Crippen LogP contribution in [0.5, 0.6) is 0 Å². The second-order valence-corrected chi connectivity index (χ2v) is 15.6. The molecule has 6 nitrogen and oxygen atoms in total. The third-order valence-electron chi connectivity index (χ3n) is 8.34. The van der Waals surface area contributed by atoms with Gasteiger partial charge in [0.2, 0.25) is 0 Å². The number of benzene rings is 6. The molecule has 0 fully saturated rings. The summed E-state index contributed by atoms with van der Waals surface area (Å²) in [6.45, 7) is -3.12. The maximum atomic E-state index is 15.6. The van der Waals surface area contributed by atoms with Crippen molar-refractivity contribution < 1.29 is 9.59 Å². The first-order valence-electron chi connectivity index (χ1n) is 15.8. The van der Waals surface area contributed by atoms with Crippen molar-refractivity contribution in [1.82, 2.24) is 15.1 Å². The van der Waals surface area contributed by atoms with Gasteiger partial charge in [0.05, 0.1) is 5.29 Å². The minimum atomic E-state index is -3.12. The van der Waals surface area contributed by atoms with E-state index in [4.69, 9.17) is 23.2 Å². The summed E-state index contributed by atoms with van der Waals surface area (Å²) in [6.07, 6.45) is 0. The molecule has 1 amide bonds. The van der Waals surface area contributed by atoms with Gasteiger partial charge in [0.1, 0.15) is 11.4 Å². The van der Waals surface area contributed by atoms with Gasteiger partial charge in [-0.05, 0) is 76.5 Å². The molecule has 0 aliphatic heterocycles. The lowest BCUT2D eigenvalue weighted by Gasteiger charge is -2.32. The molecule has 0 radical (unpaired) electrons. The fourth-order valence-electron chi connectivity index (χ4n) is 6.07. The van der Waals surface area contributed by atoms with Gasteiger partial charge in [-0.3, -0.25) is 9.59 Å². The summed E-state index contributed by atoms with van der Waals surface area (Å²) in [5, 5.41) is 13.4. The van der Waals surface area contributed by atoms with Gasteiger partial charge in [-0.25, -0.2) is 5.43 Å². The van der Waals surface area contributed by atoms with Crippen LogP contribution in [0.15, 0.2) is 170 Å². The van der Waals surface area contributed by atoms with Crippen molar-refractivity contribution in [3.8, 4) is 11.3 Å². The number of hydrogen-bond acceptors (Lipinski definition) is 4. The first-order valence-corrected chi connectivity index (χ1v) is 18.3. The minimum Gasteiger partial charge on any atom is -0.288 e. The minimum absolute atomic E-state index is 0.256. The summed E-state index contributed by atoms with van der Waals surface area (Å²) in [5.74, 6) is -0.707. The van der Waals surface area contributed by atoms with Crippen molar-refractivity contribution in [3.63, 3.8) is 0 Å². The van der Waals surface area contributed by atoms with Crippen LogP contribution in [-0.4, -0.2) is 32.1 Å². The number of nitrogens with one attached hydrogen (secondary N) is 1. The summed E-state index contributed by atoms with van der Waals surface area (Å²) in [7, 11) is 0. The molecule has 0 saturated carbocycles. The highest BCUT2D eigenvalue weighted by molar-refractivity contribution is 7.97. The predicted octanol–water partition coefficient (Wildman–Crippen LogP) is 8.03. The highest BCUT2D eigenvalue weighted by atomic mass is 35.5. The molecule has 0 aliphatic rings. The lowest BCUT2D eigenvalue weighted by atomic mass is 10.0. The van der Waals surface area contributed by atoms with E-state index < -0.39 is 12.8 Å². The van der Waals surface area contributed by atoms with Gasteiger partial charge in [0.25, 0.3) is 5.91 Å². The Labute approximate surface area is 299 Å². The fourth-order valence-corrected chi connectivity index (χ4v) is 10.8. The number of carbonyl (C=O) groups is 2. The molecular formula is C41H29Cl2N4O2P. The van der Waals surface area contributed by atoms with Crippen molar-refractivity contribution in [3.05, 3.63) is 197 Å². The molecule has 244 valence electrons. The first-order chi connectivity index (χ1) is 24.5. The second-order valence-electron chi connectivity index (χ2n) is 11.4. The number of amides is 1. The average molecular weight is 712 g/mol. The normalized spacial score (nSPS) is 11.2. The summed E-state index contributed by atoms with van der Waals surface area (Å²) in [5.41, 5.74) is 5.25. The molecule has 0 spiro atoms. The van der Waals surface area contributed by atoms with E-state index in [0.717, 1.165) is 21.5 Å². The van der Waals surface area contributed by atoms with Crippen LogP contribution in [0.2, 0.25) is 10.0 Å². The predicted molar refractivity (Wildman–Crippen MR) is 206 cm³/mol. The molecule has 0 aliphatic carbocycles. The maximum Gasteiger partial charge on any atom is 0.271 e. The summed E-state index contributed by atoms with van der Waals surface area (Å²) >= 11 is 12.5. The molecule has 0 bridgehead atoms. The van der Waals surface area contributed by atoms with Crippen LogP contribution in [-0.2, 0) is 0 Å². The Morgan fingerprint density at radius 2 is 0.960 bits per heavy atom. The monoisotopic (exact) mass is 710 g/mol. The summed E-state index contributed by atoms with van der Waals surface area (Å²) < 4.78 is 0. The molecule has 1 N–H and O–H groups in total. The molecule has 0 saturated heterocycles. The maximum absolute atomic E-state index is 15.6. The van der Waals surface area contributed by atoms with Crippen molar-refractivity contribution in [1.29, 1.82) is 0 Å². The molecule has 7 aromatic rings. The van der Waals surface area contributed by atoms with E-state index in [-0.39, 0.29) is 5.78 Å². The lowest BCUT2D eigenvalue weighted by Crippen LogP contribution is -2.37. The van der Waals surface area contributed by atoms with E-state index in [2.05, 4.69) is 52.1 Å². The zero-order valence-electron chi connectivity index (χ0n) is 26.5. The Morgan fingerprint density at radius 1 is 0.540 bits per heavy atom. The number of hydrogen-bond donors (Lipinski definition) is 1. The number of halogens is 2. The third kappa shape index (κ3) is 6.33. The van der Waals surface area contributed by atoms with Gasteiger partial charge in [0.15, 0.2) is 5.78 Å². The number of aromatic nitrogens is 3. The van der Waals surface area contributed by atoms with Crippen LogP contribution in [0, 0.1) is 0 Å². The van der Waals surface area contributed by atoms with Gasteiger partial charge in [-0.15, -0.1) is 9.89 Å². The van der Waals surface area contributed by atoms with Gasteiger partial charge in [-0.2, -0.15) is 0 Å². The largest absolute Gasteiger partial charge is 0.288 e. The standard InChI is InChI=1S/C41H29Cl2N4O2P/c42-32-25-21-30(22-26-32)39(48)40(50(34-15-7-2-8-16-34,35-17-9-3-10-18-35)36-19-11-4-12-20-36)38-37(29-13-5-1-6-14-29)44-46-47(38)45-41(49)31-23-27-33(43)28-24-31/h1-28H,(H,45,49). The highest BCUT2D eigenvalue weighted by Gasteiger charge is 2.38. The van der Waals surface area contributed by atoms with Crippen LogP contribution >= 0.6 is 30.1 Å². The van der Waals surface area contributed by atoms with Crippen LogP contribution in [0.4, 0.5) is 0 Å². The third-order valence-corrected chi connectivity index (χ3v) is 13.2. The molecule has 0 atom stereocenters. The number of carbonyl (C=O) groups excluding carboxylic acids is 2. The van der Waals surface area contributed by atoms with Crippen LogP contribution in [0.1, 0.15) is 26.4 Å². The van der Waals surface area contributed by atoms with Crippen LogP contribution < -0.4 is 21.3 Å². The molecule has 1 aromatic heterocycles. The molecular weight excluding hydrogens is 682 g/mol. The number of nitrogens with zero attached hydrogens (tertiary/aromatic N) is 3. The first kappa shape index (κ1) is 33.0. The van der Waals surface area contributed by atoms with Gasteiger partial charge in [-0.1, -0.05) is 145 Å². The fraction of sp³-hybridized carbons (Fsp3) is 0. The zero-order valence-corrected chi connectivity index (χ0v) is 28.9. The summed E-state index contributed by atoms with van der Waals surface area (Å²) in [6, 6.07) is 53.1. The van der Waals surface area contributed by atoms with Crippen molar-refractivity contribution in [2.24, 2.45) is 0 Å². The second kappa shape index (κ2) is 14.5. The van der Waals surface area contributed by atoms with Gasteiger partial charge in [0, 0.05) is 26.7 Å². The molecule has 0 unspecified atom stereocenters. The molecule has 1 heterocycles. The van der Waals surface area contributed by atoms with Crippen molar-refractivity contribution in [2.75, 3.05) is 5.43 Å². The number of Topliss-reactive ketones (excluding diaryl/α,β-unsaturated/α-hetero) is 1. The quantitative estimate of drug-likeness (QED) is 0.122. The van der Waals surface area contributed by atoms with E-state index in [9.17, 15) is 4.79 Å².